The minimum atomic E-state index is -1.75. The standard InChI is InChI=1S/C35H60N10O13/c1-17(2)13-21(42-31(54)22(15-27(49)50)41-28(51)19(36)9-10-26(47)48)30(53)44-24(16-46)32(55)40-20(7-5-11-39-35(37)38)29(52)43-23(14-18(3)4)33(56)45-12-6-8-25(45)34(57)58/h17-25,46H,5-16,36H2,1-4H3,(H,40,55)(H,41,51)(H,42,54)(H,43,52)(H,44,53)(H,47,48)(H,49,50)(H,57,58)(H4,37,38,39). The van der Waals surface area contributed by atoms with Crippen molar-refractivity contribution in [2.24, 2.45) is 34.0 Å². The predicted molar refractivity (Wildman–Crippen MR) is 205 cm³/mol. The normalized spacial score (nSPS) is 16.8. The van der Waals surface area contributed by atoms with Crippen LogP contribution in [0.5, 0.6) is 0 Å². The lowest BCUT2D eigenvalue weighted by molar-refractivity contribution is -0.149. The minimum Gasteiger partial charge on any atom is -0.481 e. The maximum atomic E-state index is 13.7. The molecule has 23 heteroatoms. The SMILES string of the molecule is CC(C)CC(NC(=O)C(CC(=O)O)NC(=O)C(N)CCC(=O)O)C(=O)NC(CO)C(=O)NC(CCCN=C(N)N)C(=O)NC(CC(C)C)C(=O)N1CCCC1C(=O)O. The average molecular weight is 829 g/mol. The second kappa shape index (κ2) is 24.9. The van der Waals surface area contributed by atoms with Gasteiger partial charge in [-0.05, 0) is 56.8 Å². The number of aliphatic imine (C=N–C) groups is 1. The topological polar surface area (TPSA) is 388 Å². The van der Waals surface area contributed by atoms with Crippen molar-refractivity contribution in [2.45, 2.75) is 128 Å². The fraction of sp³-hybridized carbons (Fsp3) is 0.714. The van der Waals surface area contributed by atoms with Crippen LogP contribution in [0.1, 0.15) is 85.5 Å². The van der Waals surface area contributed by atoms with E-state index in [1.54, 1.807) is 27.7 Å². The number of aliphatic carboxylic acids is 3. The Morgan fingerprint density at radius 1 is 0.690 bits per heavy atom. The van der Waals surface area contributed by atoms with Crippen LogP contribution in [0.2, 0.25) is 0 Å². The van der Waals surface area contributed by atoms with Crippen molar-refractivity contribution >= 4 is 59.3 Å². The van der Waals surface area contributed by atoms with E-state index >= 15 is 0 Å². The third-order valence-corrected chi connectivity index (χ3v) is 8.89. The van der Waals surface area contributed by atoms with Crippen LogP contribution in [0.3, 0.4) is 0 Å². The van der Waals surface area contributed by atoms with E-state index in [-0.39, 0.29) is 69.4 Å². The Bertz CT molecular complexity index is 1500. The van der Waals surface area contributed by atoms with E-state index in [1.807, 2.05) is 0 Å². The lowest BCUT2D eigenvalue weighted by Gasteiger charge is -2.30. The molecular formula is C35H60N10O13. The Morgan fingerprint density at radius 3 is 1.72 bits per heavy atom. The number of carboxylic acids is 3. The second-order valence-electron chi connectivity index (χ2n) is 14.9. The van der Waals surface area contributed by atoms with Gasteiger partial charge >= 0.3 is 17.9 Å². The molecule has 1 aliphatic rings. The smallest absolute Gasteiger partial charge is 0.326 e. The number of carbonyl (C=O) groups excluding carboxylic acids is 6. The molecule has 1 saturated heterocycles. The maximum Gasteiger partial charge on any atom is 0.326 e. The quantitative estimate of drug-likeness (QED) is 0.0227. The van der Waals surface area contributed by atoms with Crippen molar-refractivity contribution in [1.29, 1.82) is 0 Å². The van der Waals surface area contributed by atoms with Crippen LogP contribution >= 0.6 is 0 Å². The van der Waals surface area contributed by atoms with Crippen LogP contribution in [0.25, 0.3) is 0 Å². The Labute approximate surface area is 335 Å². The van der Waals surface area contributed by atoms with E-state index in [9.17, 15) is 58.5 Å². The number of carbonyl (C=O) groups is 9. The van der Waals surface area contributed by atoms with Crippen LogP contribution < -0.4 is 43.8 Å². The summed E-state index contributed by atoms with van der Waals surface area (Å²) in [5.74, 6) is -10.2. The first-order valence-electron chi connectivity index (χ1n) is 19.0. The van der Waals surface area contributed by atoms with Crippen molar-refractivity contribution < 1.29 is 63.6 Å². The molecule has 0 radical (unpaired) electrons. The van der Waals surface area contributed by atoms with Crippen LogP contribution in [-0.2, 0) is 43.2 Å². The summed E-state index contributed by atoms with van der Waals surface area (Å²) in [7, 11) is 0. The number of nitrogens with zero attached hydrogens (tertiary/aromatic N) is 2. The monoisotopic (exact) mass is 828 g/mol. The molecule has 1 aliphatic heterocycles. The van der Waals surface area contributed by atoms with Gasteiger partial charge in [0.05, 0.1) is 19.1 Å². The first-order valence-corrected chi connectivity index (χ1v) is 19.0. The summed E-state index contributed by atoms with van der Waals surface area (Å²) in [6, 6.07) is -9.89. The largest absolute Gasteiger partial charge is 0.481 e. The molecule has 328 valence electrons. The molecule has 7 atom stereocenters. The number of guanidine groups is 1. The number of amides is 6. The Kier molecular flexibility index (Phi) is 21.7. The Balaban J connectivity index is 3.27. The van der Waals surface area contributed by atoms with E-state index < -0.39 is 115 Å². The number of aliphatic hydroxyl groups excluding tert-OH is 1. The first kappa shape index (κ1) is 50.4. The third-order valence-electron chi connectivity index (χ3n) is 8.89. The van der Waals surface area contributed by atoms with Crippen LogP contribution in [-0.4, -0.2) is 147 Å². The van der Waals surface area contributed by atoms with E-state index in [4.69, 9.17) is 22.3 Å². The van der Waals surface area contributed by atoms with Crippen molar-refractivity contribution in [3.8, 4) is 0 Å². The molecule has 58 heavy (non-hydrogen) atoms. The van der Waals surface area contributed by atoms with Gasteiger partial charge in [0.15, 0.2) is 5.96 Å². The molecule has 1 heterocycles. The van der Waals surface area contributed by atoms with Gasteiger partial charge in [-0.25, -0.2) is 4.79 Å². The van der Waals surface area contributed by atoms with E-state index in [0.29, 0.717) is 6.42 Å². The van der Waals surface area contributed by atoms with Crippen LogP contribution in [0.15, 0.2) is 4.99 Å². The van der Waals surface area contributed by atoms with Crippen molar-refractivity contribution in [1.82, 2.24) is 31.5 Å². The lowest BCUT2D eigenvalue weighted by atomic mass is 10.0. The van der Waals surface area contributed by atoms with Gasteiger partial charge in [0.25, 0.3) is 0 Å². The zero-order valence-corrected chi connectivity index (χ0v) is 33.3. The molecule has 1 rings (SSSR count). The third kappa shape index (κ3) is 18.1. The van der Waals surface area contributed by atoms with Gasteiger partial charge in [-0.2, -0.15) is 0 Å². The van der Waals surface area contributed by atoms with Gasteiger partial charge < -0.3 is 69.1 Å². The van der Waals surface area contributed by atoms with Crippen LogP contribution in [0.4, 0.5) is 0 Å². The summed E-state index contributed by atoms with van der Waals surface area (Å²) in [5.41, 5.74) is 16.5. The molecule has 0 aromatic heterocycles. The first-order chi connectivity index (χ1) is 27.1. The molecule has 0 aliphatic carbocycles. The molecule has 23 nitrogen and oxygen atoms in total. The van der Waals surface area contributed by atoms with Gasteiger partial charge in [-0.3, -0.25) is 43.3 Å². The molecule has 0 aromatic carbocycles. The summed E-state index contributed by atoms with van der Waals surface area (Å²) < 4.78 is 0. The molecule has 15 N–H and O–H groups in total. The van der Waals surface area contributed by atoms with Gasteiger partial charge in [0.1, 0.15) is 36.3 Å². The fourth-order valence-corrected chi connectivity index (χ4v) is 6.01. The molecule has 0 aromatic rings. The molecular weight excluding hydrogens is 768 g/mol. The van der Waals surface area contributed by atoms with E-state index in [1.165, 1.54) is 4.90 Å². The molecule has 6 amide bonds. The number of aliphatic hydroxyl groups is 1. The number of hydrogen-bond acceptors (Lipinski definition) is 12. The Hall–Kier alpha value is -5.58. The zero-order chi connectivity index (χ0) is 44.3. The van der Waals surface area contributed by atoms with Crippen molar-refractivity contribution in [3.63, 3.8) is 0 Å². The highest BCUT2D eigenvalue weighted by atomic mass is 16.4. The lowest BCUT2D eigenvalue weighted by Crippen LogP contribution is -2.60. The number of nitrogens with one attached hydrogen (secondary N) is 5. The highest BCUT2D eigenvalue weighted by Crippen LogP contribution is 2.20. The summed E-state index contributed by atoms with van der Waals surface area (Å²) in [5, 5.41) is 50.0. The second-order valence-corrected chi connectivity index (χ2v) is 14.9. The van der Waals surface area contributed by atoms with Crippen molar-refractivity contribution in [3.05, 3.63) is 0 Å². The van der Waals surface area contributed by atoms with E-state index in [2.05, 4.69) is 31.6 Å². The zero-order valence-electron chi connectivity index (χ0n) is 33.3. The number of likely N-dealkylation sites (tertiary alicyclic amines) is 1. The van der Waals surface area contributed by atoms with E-state index in [0.717, 1.165) is 0 Å². The summed E-state index contributed by atoms with van der Waals surface area (Å²) >= 11 is 0. The average Bonchev–Trinajstić information content (AvgIpc) is 3.62. The number of hydrogen-bond donors (Lipinski definition) is 12. The van der Waals surface area contributed by atoms with Gasteiger partial charge in [0.2, 0.25) is 35.4 Å². The minimum absolute atomic E-state index is 0.0404. The number of carboxylic acid groups (broad SMARTS) is 3. The maximum absolute atomic E-state index is 13.7. The predicted octanol–water partition coefficient (Wildman–Crippen LogP) is -3.71. The molecule has 0 bridgehead atoms. The fourth-order valence-electron chi connectivity index (χ4n) is 6.01. The summed E-state index contributed by atoms with van der Waals surface area (Å²) in [6.07, 6.45) is -0.907. The highest BCUT2D eigenvalue weighted by molar-refractivity contribution is 5.98. The van der Waals surface area contributed by atoms with Gasteiger partial charge in [-0.1, -0.05) is 27.7 Å². The van der Waals surface area contributed by atoms with Gasteiger partial charge in [0, 0.05) is 19.5 Å². The molecule has 0 spiro atoms. The summed E-state index contributed by atoms with van der Waals surface area (Å²) in [6.45, 7) is 6.20. The number of rotatable bonds is 26. The molecule has 7 unspecified atom stereocenters. The molecule has 0 saturated carbocycles. The van der Waals surface area contributed by atoms with Crippen LogP contribution in [0, 0.1) is 11.8 Å². The Morgan fingerprint density at radius 2 is 1.19 bits per heavy atom. The molecule has 1 fully saturated rings. The van der Waals surface area contributed by atoms with Crippen molar-refractivity contribution in [2.75, 3.05) is 19.7 Å². The highest BCUT2D eigenvalue weighted by Gasteiger charge is 2.39. The van der Waals surface area contributed by atoms with Gasteiger partial charge in [-0.15, -0.1) is 0 Å². The number of nitrogens with two attached hydrogens (primary N) is 3. The summed E-state index contributed by atoms with van der Waals surface area (Å²) in [4.78, 5) is 119.